The van der Waals surface area contributed by atoms with E-state index in [0.717, 1.165) is 3.57 Å². The average Bonchev–Trinajstić information content (AvgIpc) is 2.76. The molecule has 0 spiro atoms. The van der Waals surface area contributed by atoms with E-state index in [2.05, 4.69) is 33.1 Å². The first kappa shape index (κ1) is 23.0. The molecule has 10 heteroatoms. The summed E-state index contributed by atoms with van der Waals surface area (Å²) in [6.07, 6.45) is 1.36. The predicted octanol–water partition coefficient (Wildman–Crippen LogP) is 4.48. The number of nitrogens with zero attached hydrogens (tertiary/aromatic N) is 1. The summed E-state index contributed by atoms with van der Waals surface area (Å²) >= 11 is 8.35. The SMILES string of the molecule is COc1cc(/C=N\NC(=O)c2cccc(I)c2)cc(Cl)c1OS(=O)(=O)c1ccccc1. The van der Waals surface area contributed by atoms with Gasteiger partial charge in [0.1, 0.15) is 4.90 Å². The van der Waals surface area contributed by atoms with Crippen LogP contribution in [0.4, 0.5) is 0 Å². The number of carbonyl (C=O) groups is 1. The topological polar surface area (TPSA) is 94.1 Å². The Kier molecular flexibility index (Phi) is 7.52. The van der Waals surface area contributed by atoms with Crippen LogP contribution in [-0.4, -0.2) is 27.6 Å². The Morgan fingerprint density at radius 2 is 1.84 bits per heavy atom. The molecule has 0 radical (unpaired) electrons. The third-order valence-corrected chi connectivity index (χ3v) is 6.13. The van der Waals surface area contributed by atoms with E-state index in [1.54, 1.807) is 36.4 Å². The van der Waals surface area contributed by atoms with Crippen molar-refractivity contribution in [2.45, 2.75) is 4.90 Å². The zero-order valence-corrected chi connectivity index (χ0v) is 19.8. The van der Waals surface area contributed by atoms with E-state index in [1.807, 2.05) is 6.07 Å². The van der Waals surface area contributed by atoms with Crippen LogP contribution in [0.25, 0.3) is 0 Å². The molecule has 0 saturated carbocycles. The number of amides is 1. The summed E-state index contributed by atoms with van der Waals surface area (Å²) in [5.41, 5.74) is 3.36. The van der Waals surface area contributed by atoms with Crippen LogP contribution in [-0.2, 0) is 10.1 Å². The maximum Gasteiger partial charge on any atom is 0.339 e. The van der Waals surface area contributed by atoms with E-state index in [-0.39, 0.29) is 27.3 Å². The Balaban J connectivity index is 1.79. The van der Waals surface area contributed by atoms with Gasteiger partial charge in [-0.05, 0) is 70.6 Å². The standard InChI is InChI=1S/C21H16ClIN2O5S/c1-29-19-11-14(13-24-25-21(26)15-6-5-7-16(23)12-15)10-18(22)20(19)30-31(27,28)17-8-3-2-4-9-17/h2-13H,1H3,(H,25,26)/b24-13-. The van der Waals surface area contributed by atoms with Gasteiger partial charge in [0.05, 0.1) is 18.3 Å². The lowest BCUT2D eigenvalue weighted by Crippen LogP contribution is -2.17. The molecule has 1 N–H and O–H groups in total. The van der Waals surface area contributed by atoms with Crippen LogP contribution in [0.5, 0.6) is 11.5 Å². The maximum atomic E-state index is 12.5. The molecule has 0 heterocycles. The van der Waals surface area contributed by atoms with Crippen LogP contribution in [0.1, 0.15) is 15.9 Å². The minimum Gasteiger partial charge on any atom is -0.493 e. The number of ether oxygens (including phenoxy) is 1. The Labute approximate surface area is 198 Å². The summed E-state index contributed by atoms with van der Waals surface area (Å²) in [5.74, 6) is -0.424. The average molecular weight is 571 g/mol. The largest absolute Gasteiger partial charge is 0.493 e. The summed E-state index contributed by atoms with van der Waals surface area (Å²) in [7, 11) is -2.74. The molecular weight excluding hydrogens is 555 g/mol. The van der Waals surface area contributed by atoms with Crippen molar-refractivity contribution in [2.24, 2.45) is 5.10 Å². The molecule has 0 saturated heterocycles. The van der Waals surface area contributed by atoms with Gasteiger partial charge in [-0.2, -0.15) is 13.5 Å². The van der Waals surface area contributed by atoms with Gasteiger partial charge in [-0.3, -0.25) is 4.79 Å². The van der Waals surface area contributed by atoms with E-state index >= 15 is 0 Å². The Morgan fingerprint density at radius 3 is 2.52 bits per heavy atom. The van der Waals surface area contributed by atoms with Gasteiger partial charge in [0.2, 0.25) is 5.75 Å². The molecular formula is C21H16ClIN2O5S. The van der Waals surface area contributed by atoms with Crippen molar-refractivity contribution < 1.29 is 22.1 Å². The van der Waals surface area contributed by atoms with E-state index in [9.17, 15) is 13.2 Å². The van der Waals surface area contributed by atoms with Gasteiger partial charge in [-0.1, -0.05) is 35.9 Å². The molecule has 7 nitrogen and oxygen atoms in total. The number of halogens is 2. The molecule has 0 atom stereocenters. The molecule has 31 heavy (non-hydrogen) atoms. The van der Waals surface area contributed by atoms with Crippen LogP contribution in [0.2, 0.25) is 5.02 Å². The smallest absolute Gasteiger partial charge is 0.339 e. The Morgan fingerprint density at radius 1 is 1.10 bits per heavy atom. The normalized spacial score (nSPS) is 11.3. The lowest BCUT2D eigenvalue weighted by atomic mass is 10.2. The van der Waals surface area contributed by atoms with Crippen LogP contribution in [0.15, 0.2) is 76.7 Å². The molecule has 160 valence electrons. The fraction of sp³-hybridized carbons (Fsp3) is 0.0476. The highest BCUT2D eigenvalue weighted by molar-refractivity contribution is 14.1. The summed E-state index contributed by atoms with van der Waals surface area (Å²) in [5, 5.41) is 3.92. The lowest BCUT2D eigenvalue weighted by molar-refractivity contribution is 0.0955. The molecule has 0 aromatic heterocycles. The number of benzene rings is 3. The molecule has 0 fully saturated rings. The Hall–Kier alpha value is -2.63. The third kappa shape index (κ3) is 5.96. The van der Waals surface area contributed by atoms with Gasteiger partial charge in [-0.25, -0.2) is 5.43 Å². The predicted molar refractivity (Wildman–Crippen MR) is 126 cm³/mol. The molecule has 3 aromatic rings. The number of nitrogens with one attached hydrogen (secondary N) is 1. The summed E-state index contributed by atoms with van der Waals surface area (Å²) < 4.78 is 36.4. The molecule has 0 aliphatic heterocycles. The first-order valence-electron chi connectivity index (χ1n) is 8.76. The van der Waals surface area contributed by atoms with E-state index in [0.29, 0.717) is 11.1 Å². The highest BCUT2D eigenvalue weighted by atomic mass is 127. The van der Waals surface area contributed by atoms with E-state index < -0.39 is 10.1 Å². The molecule has 0 unspecified atom stereocenters. The minimum absolute atomic E-state index is 0.00393. The first-order valence-corrected chi connectivity index (χ1v) is 11.6. The van der Waals surface area contributed by atoms with E-state index in [4.69, 9.17) is 20.5 Å². The van der Waals surface area contributed by atoms with Crippen LogP contribution in [0, 0.1) is 3.57 Å². The van der Waals surface area contributed by atoms with Crippen molar-refractivity contribution in [1.82, 2.24) is 5.43 Å². The second-order valence-corrected chi connectivity index (χ2v) is 9.29. The number of rotatable bonds is 7. The third-order valence-electron chi connectivity index (χ3n) is 3.94. The summed E-state index contributed by atoms with van der Waals surface area (Å²) in [4.78, 5) is 12.1. The van der Waals surface area contributed by atoms with Crippen molar-refractivity contribution >= 4 is 56.4 Å². The van der Waals surface area contributed by atoms with Crippen molar-refractivity contribution in [3.63, 3.8) is 0 Å². The number of hydrogen-bond donors (Lipinski definition) is 1. The molecule has 1 amide bonds. The van der Waals surface area contributed by atoms with Gasteiger partial charge in [0.25, 0.3) is 5.91 Å². The van der Waals surface area contributed by atoms with Crippen molar-refractivity contribution in [2.75, 3.05) is 7.11 Å². The quantitative estimate of drug-likeness (QED) is 0.196. The second-order valence-electron chi connectivity index (χ2n) is 6.09. The Bertz CT molecular complexity index is 1230. The first-order chi connectivity index (χ1) is 14.8. The van der Waals surface area contributed by atoms with Crippen molar-refractivity contribution in [3.8, 4) is 11.5 Å². The molecule has 0 bridgehead atoms. The zero-order chi connectivity index (χ0) is 22.4. The molecule has 3 rings (SSSR count). The van der Waals surface area contributed by atoms with Crippen LogP contribution >= 0.6 is 34.2 Å². The molecule has 0 aliphatic rings. The van der Waals surface area contributed by atoms with Crippen molar-refractivity contribution in [3.05, 3.63) is 86.4 Å². The van der Waals surface area contributed by atoms with Crippen LogP contribution < -0.4 is 14.3 Å². The minimum atomic E-state index is -4.10. The fourth-order valence-electron chi connectivity index (χ4n) is 2.50. The highest BCUT2D eigenvalue weighted by Gasteiger charge is 2.21. The van der Waals surface area contributed by atoms with E-state index in [1.165, 1.54) is 37.6 Å². The lowest BCUT2D eigenvalue weighted by Gasteiger charge is -2.13. The van der Waals surface area contributed by atoms with Gasteiger partial charge in [-0.15, -0.1) is 0 Å². The van der Waals surface area contributed by atoms with Crippen LogP contribution in [0.3, 0.4) is 0 Å². The number of hydrazone groups is 1. The maximum absolute atomic E-state index is 12.5. The van der Waals surface area contributed by atoms with Gasteiger partial charge in [0.15, 0.2) is 5.75 Å². The van der Waals surface area contributed by atoms with Gasteiger partial charge >= 0.3 is 10.1 Å². The van der Waals surface area contributed by atoms with Crippen molar-refractivity contribution in [1.29, 1.82) is 0 Å². The zero-order valence-electron chi connectivity index (χ0n) is 16.1. The fourth-order valence-corrected chi connectivity index (χ4v) is 4.32. The monoisotopic (exact) mass is 570 g/mol. The molecule has 3 aromatic carbocycles. The number of hydrogen-bond acceptors (Lipinski definition) is 6. The second kappa shape index (κ2) is 10.1. The highest BCUT2D eigenvalue weighted by Crippen LogP contribution is 2.37. The summed E-state index contributed by atoms with van der Waals surface area (Å²) in [6.45, 7) is 0. The number of carbonyl (C=O) groups excluding carboxylic acids is 1. The molecule has 0 aliphatic carbocycles. The number of methoxy groups -OCH3 is 1. The summed E-state index contributed by atoms with van der Waals surface area (Å²) in [6, 6.07) is 17.7. The van der Waals surface area contributed by atoms with Gasteiger partial charge < -0.3 is 8.92 Å². The van der Waals surface area contributed by atoms with Gasteiger partial charge in [0, 0.05) is 9.13 Å².